The second-order valence-electron chi connectivity index (χ2n) is 5.60. The van der Waals surface area contributed by atoms with Crippen LogP contribution in [0.3, 0.4) is 0 Å². The smallest absolute Gasteiger partial charge is 0.304 e. The number of thioether (sulfide) groups is 1. The molecule has 1 aromatic carbocycles. The summed E-state index contributed by atoms with van der Waals surface area (Å²) in [6, 6.07) is 5.66. The summed E-state index contributed by atoms with van der Waals surface area (Å²) in [5, 5.41) is 9.01. The van der Waals surface area contributed by atoms with E-state index in [2.05, 4.69) is 0 Å². The quantitative estimate of drug-likeness (QED) is 0.874. The van der Waals surface area contributed by atoms with Gasteiger partial charge >= 0.3 is 5.97 Å². The molecule has 110 valence electrons. The molecule has 0 atom stereocenters. The number of hydrogen-bond donors (Lipinski definition) is 1. The SMILES string of the molecule is COc1ccc(C(C)(C)CC(=O)O)cc1OC1CSC1. The lowest BCUT2D eigenvalue weighted by Gasteiger charge is -2.28. The molecule has 4 nitrogen and oxygen atoms in total. The fourth-order valence-corrected chi connectivity index (χ4v) is 2.70. The van der Waals surface area contributed by atoms with Crippen molar-refractivity contribution in [1.29, 1.82) is 0 Å². The van der Waals surface area contributed by atoms with E-state index in [1.807, 2.05) is 43.8 Å². The number of carbonyl (C=O) groups is 1. The van der Waals surface area contributed by atoms with Crippen molar-refractivity contribution < 1.29 is 19.4 Å². The molecule has 0 saturated carbocycles. The molecule has 1 aliphatic heterocycles. The first-order valence-electron chi connectivity index (χ1n) is 6.57. The number of rotatable bonds is 6. The molecular weight excluding hydrogens is 276 g/mol. The highest BCUT2D eigenvalue weighted by molar-refractivity contribution is 8.00. The zero-order valence-electron chi connectivity index (χ0n) is 12.0. The lowest BCUT2D eigenvalue weighted by Crippen LogP contribution is -2.31. The molecule has 5 heteroatoms. The van der Waals surface area contributed by atoms with Gasteiger partial charge in [0.2, 0.25) is 0 Å². The van der Waals surface area contributed by atoms with Crippen LogP contribution in [0.25, 0.3) is 0 Å². The topological polar surface area (TPSA) is 55.8 Å². The molecule has 1 N–H and O–H groups in total. The van der Waals surface area contributed by atoms with Gasteiger partial charge in [0.15, 0.2) is 11.5 Å². The van der Waals surface area contributed by atoms with E-state index in [9.17, 15) is 4.79 Å². The van der Waals surface area contributed by atoms with E-state index in [4.69, 9.17) is 14.6 Å². The molecule has 0 aromatic heterocycles. The van der Waals surface area contributed by atoms with E-state index in [1.54, 1.807) is 7.11 Å². The highest BCUT2D eigenvalue weighted by Gasteiger charge is 2.27. The molecule has 1 fully saturated rings. The first-order valence-corrected chi connectivity index (χ1v) is 7.72. The van der Waals surface area contributed by atoms with E-state index in [-0.39, 0.29) is 12.5 Å². The molecular formula is C15H20O4S. The van der Waals surface area contributed by atoms with E-state index >= 15 is 0 Å². The summed E-state index contributed by atoms with van der Waals surface area (Å²) >= 11 is 1.85. The molecule has 2 rings (SSSR count). The molecule has 1 aromatic rings. The average Bonchev–Trinajstić information content (AvgIpc) is 2.32. The van der Waals surface area contributed by atoms with Crippen LogP contribution in [-0.2, 0) is 10.2 Å². The Kier molecular flexibility index (Phi) is 4.48. The van der Waals surface area contributed by atoms with Crippen LogP contribution in [0.2, 0.25) is 0 Å². The summed E-state index contributed by atoms with van der Waals surface area (Å²) in [6.45, 7) is 3.85. The molecule has 0 spiro atoms. The molecule has 1 saturated heterocycles. The van der Waals surface area contributed by atoms with Crippen LogP contribution in [0.5, 0.6) is 11.5 Å². The zero-order chi connectivity index (χ0) is 14.8. The van der Waals surface area contributed by atoms with E-state index < -0.39 is 11.4 Å². The number of carboxylic acids is 1. The van der Waals surface area contributed by atoms with Crippen LogP contribution in [0.1, 0.15) is 25.8 Å². The maximum atomic E-state index is 11.0. The monoisotopic (exact) mass is 296 g/mol. The maximum Gasteiger partial charge on any atom is 0.304 e. The van der Waals surface area contributed by atoms with Crippen molar-refractivity contribution in [3.63, 3.8) is 0 Å². The fraction of sp³-hybridized carbons (Fsp3) is 0.533. The highest BCUT2D eigenvalue weighted by atomic mass is 32.2. The summed E-state index contributed by atoms with van der Waals surface area (Å²) in [6.07, 6.45) is 0.310. The van der Waals surface area contributed by atoms with Gasteiger partial charge in [0.25, 0.3) is 0 Å². The van der Waals surface area contributed by atoms with Crippen LogP contribution in [0.4, 0.5) is 0 Å². The summed E-state index contributed by atoms with van der Waals surface area (Å²) in [7, 11) is 1.61. The Labute approximate surface area is 123 Å². The standard InChI is InChI=1S/C15H20O4S/c1-15(2,7-14(16)17)10-4-5-12(18-3)13(6-10)19-11-8-20-9-11/h4-6,11H,7-9H2,1-3H3,(H,16,17). The molecule has 0 unspecified atom stereocenters. The molecule has 0 aliphatic carbocycles. The number of methoxy groups -OCH3 is 1. The Morgan fingerprint density at radius 1 is 1.40 bits per heavy atom. The molecule has 0 radical (unpaired) electrons. The van der Waals surface area contributed by atoms with Gasteiger partial charge in [0.1, 0.15) is 6.10 Å². The summed E-state index contributed by atoms with van der Waals surface area (Å²) in [5.41, 5.74) is 0.507. The number of aliphatic carboxylic acids is 1. The summed E-state index contributed by atoms with van der Waals surface area (Å²) < 4.78 is 11.2. The minimum Gasteiger partial charge on any atom is -0.493 e. The minimum atomic E-state index is -0.802. The van der Waals surface area contributed by atoms with Crippen molar-refractivity contribution >= 4 is 17.7 Å². The van der Waals surface area contributed by atoms with Gasteiger partial charge in [-0.3, -0.25) is 4.79 Å². The van der Waals surface area contributed by atoms with Gasteiger partial charge in [-0.25, -0.2) is 0 Å². The second kappa shape index (κ2) is 5.95. The Balaban J connectivity index is 2.25. The molecule has 1 aliphatic rings. The predicted octanol–water partition coefficient (Wildman–Crippen LogP) is 2.94. The summed E-state index contributed by atoms with van der Waals surface area (Å²) in [5.74, 6) is 2.58. The van der Waals surface area contributed by atoms with Crippen molar-refractivity contribution in [2.75, 3.05) is 18.6 Å². The first kappa shape index (κ1) is 15.0. The van der Waals surface area contributed by atoms with Gasteiger partial charge in [0.05, 0.1) is 13.5 Å². The predicted molar refractivity (Wildman–Crippen MR) is 80.0 cm³/mol. The average molecular weight is 296 g/mol. The van der Waals surface area contributed by atoms with Crippen LogP contribution in [0.15, 0.2) is 18.2 Å². The molecule has 0 amide bonds. The lowest BCUT2D eigenvalue weighted by molar-refractivity contribution is -0.138. The van der Waals surface area contributed by atoms with Gasteiger partial charge in [0, 0.05) is 16.9 Å². The van der Waals surface area contributed by atoms with E-state index in [0.717, 1.165) is 17.1 Å². The normalized spacial score (nSPS) is 15.6. The van der Waals surface area contributed by atoms with Gasteiger partial charge in [-0.05, 0) is 17.7 Å². The van der Waals surface area contributed by atoms with E-state index in [0.29, 0.717) is 11.5 Å². The van der Waals surface area contributed by atoms with Gasteiger partial charge in [-0.1, -0.05) is 19.9 Å². The van der Waals surface area contributed by atoms with E-state index in [1.165, 1.54) is 0 Å². The Morgan fingerprint density at radius 2 is 2.10 bits per heavy atom. The molecule has 0 bridgehead atoms. The Hall–Kier alpha value is -1.36. The first-order chi connectivity index (χ1) is 9.42. The van der Waals surface area contributed by atoms with Gasteiger partial charge in [-0.15, -0.1) is 0 Å². The van der Waals surface area contributed by atoms with Crippen molar-refractivity contribution in [2.45, 2.75) is 31.8 Å². The third-order valence-electron chi connectivity index (χ3n) is 3.44. The summed E-state index contributed by atoms with van der Waals surface area (Å²) in [4.78, 5) is 11.0. The van der Waals surface area contributed by atoms with Crippen molar-refractivity contribution in [2.24, 2.45) is 0 Å². The number of benzene rings is 1. The van der Waals surface area contributed by atoms with Gasteiger partial charge < -0.3 is 14.6 Å². The van der Waals surface area contributed by atoms with Gasteiger partial charge in [-0.2, -0.15) is 11.8 Å². The third kappa shape index (κ3) is 3.39. The van der Waals surface area contributed by atoms with Crippen LogP contribution in [0, 0.1) is 0 Å². The second-order valence-corrected chi connectivity index (χ2v) is 6.67. The fourth-order valence-electron chi connectivity index (χ4n) is 2.13. The van der Waals surface area contributed by atoms with Crippen molar-refractivity contribution in [3.05, 3.63) is 23.8 Å². The third-order valence-corrected chi connectivity index (χ3v) is 4.65. The lowest BCUT2D eigenvalue weighted by atomic mass is 9.81. The molecule has 1 heterocycles. The van der Waals surface area contributed by atoms with Crippen LogP contribution >= 0.6 is 11.8 Å². The number of hydrogen-bond acceptors (Lipinski definition) is 4. The molecule has 20 heavy (non-hydrogen) atoms. The Morgan fingerprint density at radius 3 is 2.60 bits per heavy atom. The zero-order valence-corrected chi connectivity index (χ0v) is 12.8. The Bertz CT molecular complexity index is 495. The van der Waals surface area contributed by atoms with Crippen molar-refractivity contribution in [1.82, 2.24) is 0 Å². The van der Waals surface area contributed by atoms with Crippen molar-refractivity contribution in [3.8, 4) is 11.5 Å². The largest absolute Gasteiger partial charge is 0.493 e. The van der Waals surface area contributed by atoms with Crippen LogP contribution in [-0.4, -0.2) is 35.8 Å². The number of ether oxygens (including phenoxy) is 2. The maximum absolute atomic E-state index is 11.0. The van der Waals surface area contributed by atoms with Crippen LogP contribution < -0.4 is 9.47 Å². The minimum absolute atomic E-state index is 0.0814. The number of carboxylic acid groups (broad SMARTS) is 1. The highest BCUT2D eigenvalue weighted by Crippen LogP contribution is 2.36.